The topological polar surface area (TPSA) is 38.8 Å². The van der Waals surface area contributed by atoms with Crippen LogP contribution in [0.15, 0.2) is 18.2 Å². The van der Waals surface area contributed by atoms with Crippen molar-refractivity contribution in [2.75, 3.05) is 19.7 Å². The molecule has 25 heavy (non-hydrogen) atoms. The van der Waals surface area contributed by atoms with Crippen LogP contribution in [0.25, 0.3) is 0 Å². The van der Waals surface area contributed by atoms with Crippen molar-refractivity contribution in [2.24, 2.45) is 5.92 Å². The number of amides is 1. The lowest BCUT2D eigenvalue weighted by molar-refractivity contribution is -0.141. The molecule has 4 nitrogen and oxygen atoms in total. The van der Waals surface area contributed by atoms with Crippen LogP contribution in [0.1, 0.15) is 30.7 Å². The Labute approximate surface area is 142 Å². The summed E-state index contributed by atoms with van der Waals surface area (Å²) in [6.45, 7) is -2.09. The third kappa shape index (κ3) is 4.55. The van der Waals surface area contributed by atoms with E-state index >= 15 is 0 Å². The molecular weight excluding hydrogens is 342 g/mol. The van der Waals surface area contributed by atoms with E-state index in [1.165, 1.54) is 6.07 Å². The lowest BCUT2D eigenvalue weighted by atomic mass is 9.98. The molecule has 3 rings (SSSR count). The Balaban J connectivity index is 1.72. The molecule has 1 saturated carbocycles. The molecule has 138 valence electrons. The van der Waals surface area contributed by atoms with E-state index in [0.717, 1.165) is 23.3 Å². The molecule has 0 aromatic heterocycles. The molecule has 0 radical (unpaired) electrons. The Bertz CT molecular complexity index is 622. The molecule has 1 atom stereocenters. The predicted octanol–water partition coefficient (Wildman–Crippen LogP) is 3.66. The molecule has 1 unspecified atom stereocenters. The average Bonchev–Trinajstić information content (AvgIpc) is 3.27. The van der Waals surface area contributed by atoms with Crippen LogP contribution in [0.2, 0.25) is 0 Å². The maximum absolute atomic E-state index is 12.5. The van der Waals surface area contributed by atoms with E-state index in [2.05, 4.69) is 4.74 Å². The highest BCUT2D eigenvalue weighted by molar-refractivity contribution is 5.79. The number of carbonyl (C=O) groups excluding carboxylic acids is 1. The van der Waals surface area contributed by atoms with Gasteiger partial charge in [-0.25, -0.2) is 0 Å². The molecule has 1 aliphatic carbocycles. The summed E-state index contributed by atoms with van der Waals surface area (Å²) in [5.41, 5.74) is 0.761. The number of alkyl halides is 4. The lowest BCUT2D eigenvalue weighted by Gasteiger charge is -2.18. The Kier molecular flexibility index (Phi) is 5.34. The van der Waals surface area contributed by atoms with E-state index in [-0.39, 0.29) is 30.5 Å². The fourth-order valence-corrected chi connectivity index (χ4v) is 2.95. The van der Waals surface area contributed by atoms with Crippen molar-refractivity contribution in [1.82, 2.24) is 4.90 Å². The fourth-order valence-electron chi connectivity index (χ4n) is 2.95. The highest BCUT2D eigenvalue weighted by atomic mass is 19.3. The highest BCUT2D eigenvalue weighted by Crippen LogP contribution is 2.37. The number of halogens is 4. The highest BCUT2D eigenvalue weighted by Gasteiger charge is 2.32. The van der Waals surface area contributed by atoms with Crippen LogP contribution >= 0.6 is 0 Å². The van der Waals surface area contributed by atoms with Gasteiger partial charge in [0.05, 0.1) is 6.61 Å². The molecule has 0 spiro atoms. The van der Waals surface area contributed by atoms with E-state index in [1.807, 2.05) is 0 Å². The van der Waals surface area contributed by atoms with Crippen LogP contribution in [0.5, 0.6) is 11.5 Å². The first-order chi connectivity index (χ1) is 11.9. The first-order valence-corrected chi connectivity index (χ1v) is 8.22. The molecule has 1 amide bonds. The standard InChI is InChI=1S/C17H19F4NO3/c18-15(19)16(23)22-6-5-12(8-22)11-3-4-13(25-17(20)21)14(7-11)24-9-10-1-2-10/h3-4,7,10,12,15,17H,1-2,5-6,8-9H2. The molecule has 0 N–H and O–H groups in total. The van der Waals surface area contributed by atoms with Gasteiger partial charge in [-0.2, -0.15) is 17.6 Å². The van der Waals surface area contributed by atoms with Gasteiger partial charge in [0, 0.05) is 19.0 Å². The van der Waals surface area contributed by atoms with Crippen LogP contribution in [0.3, 0.4) is 0 Å². The molecule has 1 aromatic carbocycles. The van der Waals surface area contributed by atoms with E-state index in [4.69, 9.17) is 4.74 Å². The summed E-state index contributed by atoms with van der Waals surface area (Å²) in [6, 6.07) is 4.63. The minimum absolute atomic E-state index is 0.0436. The van der Waals surface area contributed by atoms with Gasteiger partial charge >= 0.3 is 13.0 Å². The quantitative estimate of drug-likeness (QED) is 0.696. The summed E-state index contributed by atoms with van der Waals surface area (Å²) in [5, 5.41) is 0. The third-order valence-corrected chi connectivity index (χ3v) is 4.51. The first-order valence-electron chi connectivity index (χ1n) is 8.22. The second-order valence-electron chi connectivity index (χ2n) is 6.41. The van der Waals surface area contributed by atoms with E-state index < -0.39 is 18.9 Å². The zero-order valence-corrected chi connectivity index (χ0v) is 13.5. The van der Waals surface area contributed by atoms with E-state index in [9.17, 15) is 22.4 Å². The van der Waals surface area contributed by atoms with Gasteiger partial charge in [0.2, 0.25) is 0 Å². The summed E-state index contributed by atoms with van der Waals surface area (Å²) in [6.07, 6.45) is -0.371. The SMILES string of the molecule is O=C(C(F)F)N1CCC(c2ccc(OC(F)F)c(OCC3CC3)c2)C1. The predicted molar refractivity (Wildman–Crippen MR) is 81.2 cm³/mol. The molecule has 2 aliphatic rings. The van der Waals surface area contributed by atoms with Crippen molar-refractivity contribution >= 4 is 5.91 Å². The van der Waals surface area contributed by atoms with Gasteiger partial charge in [-0.05, 0) is 42.9 Å². The third-order valence-electron chi connectivity index (χ3n) is 4.51. The Morgan fingerprint density at radius 2 is 1.92 bits per heavy atom. The molecule has 8 heteroatoms. The summed E-state index contributed by atoms with van der Waals surface area (Å²) in [5.74, 6) is -0.688. The zero-order valence-electron chi connectivity index (χ0n) is 13.5. The van der Waals surface area contributed by atoms with Gasteiger partial charge in [0.1, 0.15) is 0 Å². The van der Waals surface area contributed by atoms with Crippen molar-refractivity contribution < 1.29 is 31.8 Å². The fraction of sp³-hybridized carbons (Fsp3) is 0.588. The molecule has 1 aromatic rings. The molecule has 1 aliphatic heterocycles. The number of benzene rings is 1. The van der Waals surface area contributed by atoms with E-state index in [1.54, 1.807) is 12.1 Å². The van der Waals surface area contributed by atoms with Crippen molar-refractivity contribution in [3.05, 3.63) is 23.8 Å². The maximum Gasteiger partial charge on any atom is 0.387 e. The molecule has 0 bridgehead atoms. The first kappa shape index (κ1) is 17.8. The number of carbonyl (C=O) groups is 1. The molecule has 2 fully saturated rings. The van der Waals surface area contributed by atoms with Gasteiger partial charge in [0.25, 0.3) is 5.91 Å². The lowest BCUT2D eigenvalue weighted by Crippen LogP contribution is -2.33. The summed E-state index contributed by atoms with van der Waals surface area (Å²) >= 11 is 0. The normalized spacial score (nSPS) is 20.4. The van der Waals surface area contributed by atoms with Crippen molar-refractivity contribution in [1.29, 1.82) is 0 Å². The van der Waals surface area contributed by atoms with Crippen molar-refractivity contribution in [3.8, 4) is 11.5 Å². The monoisotopic (exact) mass is 361 g/mol. The number of ether oxygens (including phenoxy) is 2. The smallest absolute Gasteiger partial charge is 0.387 e. The van der Waals surface area contributed by atoms with E-state index in [0.29, 0.717) is 18.9 Å². The number of rotatable bonds is 7. The van der Waals surface area contributed by atoms with Crippen LogP contribution in [-0.2, 0) is 4.79 Å². The van der Waals surface area contributed by atoms with Gasteiger partial charge < -0.3 is 14.4 Å². The van der Waals surface area contributed by atoms with Crippen LogP contribution < -0.4 is 9.47 Å². The summed E-state index contributed by atoms with van der Waals surface area (Å²) in [7, 11) is 0. The Morgan fingerprint density at radius 1 is 1.16 bits per heavy atom. The largest absolute Gasteiger partial charge is 0.489 e. The van der Waals surface area contributed by atoms with Gasteiger partial charge in [0.15, 0.2) is 11.5 Å². The number of nitrogens with zero attached hydrogens (tertiary/aromatic N) is 1. The van der Waals surface area contributed by atoms with Gasteiger partial charge in [-0.1, -0.05) is 6.07 Å². The second kappa shape index (κ2) is 7.49. The Morgan fingerprint density at radius 3 is 2.56 bits per heavy atom. The summed E-state index contributed by atoms with van der Waals surface area (Å²) in [4.78, 5) is 12.5. The van der Waals surface area contributed by atoms with Gasteiger partial charge in [-0.15, -0.1) is 0 Å². The number of likely N-dealkylation sites (tertiary alicyclic amines) is 1. The number of hydrogen-bond acceptors (Lipinski definition) is 3. The van der Waals surface area contributed by atoms with Gasteiger partial charge in [-0.3, -0.25) is 4.79 Å². The molecular formula is C17H19F4NO3. The zero-order chi connectivity index (χ0) is 18.0. The van der Waals surface area contributed by atoms with Crippen LogP contribution in [0, 0.1) is 5.92 Å². The Hall–Kier alpha value is -1.99. The van der Waals surface area contributed by atoms with Crippen molar-refractivity contribution in [2.45, 2.75) is 38.2 Å². The minimum atomic E-state index is -3.02. The second-order valence-corrected chi connectivity index (χ2v) is 6.41. The maximum atomic E-state index is 12.5. The van der Waals surface area contributed by atoms with Crippen molar-refractivity contribution in [3.63, 3.8) is 0 Å². The summed E-state index contributed by atoms with van der Waals surface area (Å²) < 4.78 is 60.2. The minimum Gasteiger partial charge on any atom is -0.489 e. The average molecular weight is 361 g/mol. The van der Waals surface area contributed by atoms with Crippen LogP contribution in [-0.4, -0.2) is 43.5 Å². The molecule has 1 saturated heterocycles. The molecule has 1 heterocycles. The number of hydrogen-bond donors (Lipinski definition) is 0. The van der Waals surface area contributed by atoms with Crippen LogP contribution in [0.4, 0.5) is 17.6 Å².